The van der Waals surface area contributed by atoms with E-state index in [9.17, 15) is 19.7 Å². The molecule has 1 saturated carbocycles. The van der Waals surface area contributed by atoms with E-state index >= 15 is 0 Å². The highest BCUT2D eigenvalue weighted by molar-refractivity contribution is 7.17. The summed E-state index contributed by atoms with van der Waals surface area (Å²) in [6.07, 6.45) is 9.42. The lowest BCUT2D eigenvalue weighted by Crippen LogP contribution is -2.37. The summed E-state index contributed by atoms with van der Waals surface area (Å²) in [7, 11) is 0. The number of thiophene rings is 1. The Morgan fingerprint density at radius 3 is 2.50 bits per heavy atom. The fraction of sp³-hybridized carbons (Fsp3) is 0.478. The lowest BCUT2D eigenvalue weighted by molar-refractivity contribution is -0.384. The van der Waals surface area contributed by atoms with Gasteiger partial charge in [-0.3, -0.25) is 19.7 Å². The van der Waals surface area contributed by atoms with Gasteiger partial charge >= 0.3 is 0 Å². The van der Waals surface area contributed by atoms with Crippen LogP contribution in [0.4, 0.5) is 10.7 Å². The van der Waals surface area contributed by atoms with Crippen molar-refractivity contribution in [2.45, 2.75) is 63.8 Å². The lowest BCUT2D eigenvalue weighted by atomic mass is 9.93. The summed E-state index contributed by atoms with van der Waals surface area (Å²) in [5.74, 6) is -0.0944. The fourth-order valence-electron chi connectivity index (χ4n) is 4.37. The van der Waals surface area contributed by atoms with Crippen molar-refractivity contribution >= 4 is 33.8 Å². The van der Waals surface area contributed by atoms with E-state index in [-0.39, 0.29) is 30.2 Å². The molecule has 0 saturated heterocycles. The van der Waals surface area contributed by atoms with Crippen LogP contribution in [0.15, 0.2) is 24.3 Å². The second kappa shape index (κ2) is 10.1. The Bertz CT molecular complexity index is 996. The van der Waals surface area contributed by atoms with E-state index in [1.54, 1.807) is 0 Å². The number of amides is 2. The van der Waals surface area contributed by atoms with Gasteiger partial charge in [-0.2, -0.15) is 0 Å². The van der Waals surface area contributed by atoms with E-state index in [2.05, 4.69) is 10.6 Å². The smallest absolute Gasteiger partial charge is 0.269 e. The van der Waals surface area contributed by atoms with E-state index in [1.807, 2.05) is 0 Å². The molecule has 0 radical (unpaired) electrons. The van der Waals surface area contributed by atoms with Crippen LogP contribution in [0.25, 0.3) is 0 Å². The average molecular weight is 458 g/mol. The molecule has 2 aliphatic rings. The minimum absolute atomic E-state index is 0.0420. The van der Waals surface area contributed by atoms with E-state index in [1.165, 1.54) is 46.9 Å². The predicted octanol–water partition coefficient (Wildman–Crippen LogP) is 4.62. The predicted molar refractivity (Wildman–Crippen MR) is 123 cm³/mol. The Kier molecular flexibility index (Phi) is 7.04. The molecule has 2 aliphatic carbocycles. The standard InChI is InChI=1S/C23H27N3O5S/c27-20(14-31-17-12-10-16(11-13-17)26(29)30)25-23-21(18-8-4-5-9-19(18)32-23)22(28)24-15-6-2-1-3-7-15/h10-13,15H,1-9,14H2,(H,24,28)(H,25,27). The zero-order valence-electron chi connectivity index (χ0n) is 17.9. The number of nitrogens with zero attached hydrogens (tertiary/aromatic N) is 1. The second-order valence-corrected chi connectivity index (χ2v) is 9.42. The summed E-state index contributed by atoms with van der Waals surface area (Å²) in [5, 5.41) is 17.4. The molecule has 1 fully saturated rings. The van der Waals surface area contributed by atoms with Crippen LogP contribution in [-0.2, 0) is 17.6 Å². The molecule has 32 heavy (non-hydrogen) atoms. The Morgan fingerprint density at radius 2 is 1.78 bits per heavy atom. The van der Waals surface area contributed by atoms with Crippen LogP contribution >= 0.6 is 11.3 Å². The number of nitrogens with one attached hydrogen (secondary N) is 2. The van der Waals surface area contributed by atoms with E-state index in [0.29, 0.717) is 16.3 Å². The first kappa shape index (κ1) is 22.3. The number of anilines is 1. The normalized spacial score (nSPS) is 16.1. The van der Waals surface area contributed by atoms with Gasteiger partial charge in [0.25, 0.3) is 17.5 Å². The zero-order chi connectivity index (χ0) is 22.5. The van der Waals surface area contributed by atoms with Crippen molar-refractivity contribution in [2.24, 2.45) is 0 Å². The summed E-state index contributed by atoms with van der Waals surface area (Å²) in [6, 6.07) is 5.77. The molecule has 2 N–H and O–H groups in total. The molecule has 4 rings (SSSR count). The second-order valence-electron chi connectivity index (χ2n) is 8.31. The highest BCUT2D eigenvalue weighted by Crippen LogP contribution is 2.38. The third kappa shape index (κ3) is 5.27. The summed E-state index contributed by atoms with van der Waals surface area (Å²) in [6.45, 7) is -0.246. The Labute approximate surface area is 190 Å². The van der Waals surface area contributed by atoms with E-state index < -0.39 is 4.92 Å². The van der Waals surface area contributed by atoms with Gasteiger partial charge < -0.3 is 15.4 Å². The molecule has 9 heteroatoms. The number of benzene rings is 1. The summed E-state index contributed by atoms with van der Waals surface area (Å²) >= 11 is 1.48. The van der Waals surface area contributed by atoms with Crippen molar-refractivity contribution in [1.29, 1.82) is 0 Å². The van der Waals surface area contributed by atoms with Gasteiger partial charge in [0.15, 0.2) is 6.61 Å². The molecular formula is C23H27N3O5S. The summed E-state index contributed by atoms with van der Waals surface area (Å²) in [4.78, 5) is 37.2. The fourth-order valence-corrected chi connectivity index (χ4v) is 5.68. The highest BCUT2D eigenvalue weighted by atomic mass is 32.1. The SMILES string of the molecule is O=C(COc1ccc([N+](=O)[O-])cc1)Nc1sc2c(c1C(=O)NC1CCCCC1)CCCC2. The van der Waals surface area contributed by atoms with Crippen LogP contribution in [-0.4, -0.2) is 29.4 Å². The lowest BCUT2D eigenvalue weighted by Gasteiger charge is -2.23. The molecule has 0 unspecified atom stereocenters. The van der Waals surface area contributed by atoms with Crippen molar-refractivity contribution in [2.75, 3.05) is 11.9 Å². The number of carbonyl (C=O) groups is 2. The number of hydrogen-bond acceptors (Lipinski definition) is 6. The molecule has 0 aliphatic heterocycles. The van der Waals surface area contributed by atoms with Gasteiger partial charge in [0, 0.05) is 23.1 Å². The number of carbonyl (C=O) groups excluding carboxylic acids is 2. The molecule has 0 bridgehead atoms. The van der Waals surface area contributed by atoms with Crippen LogP contribution in [0.3, 0.4) is 0 Å². The first-order valence-corrected chi connectivity index (χ1v) is 12.0. The number of non-ortho nitro benzene ring substituents is 1. The molecule has 1 aromatic heterocycles. The highest BCUT2D eigenvalue weighted by Gasteiger charge is 2.28. The molecular weight excluding hydrogens is 430 g/mol. The molecule has 2 amide bonds. The van der Waals surface area contributed by atoms with Crippen molar-refractivity contribution in [3.63, 3.8) is 0 Å². The maximum Gasteiger partial charge on any atom is 0.269 e. The van der Waals surface area contributed by atoms with Crippen molar-refractivity contribution in [3.05, 3.63) is 50.4 Å². The molecule has 8 nitrogen and oxygen atoms in total. The van der Waals surface area contributed by atoms with Gasteiger partial charge in [-0.1, -0.05) is 19.3 Å². The van der Waals surface area contributed by atoms with Gasteiger partial charge in [-0.15, -0.1) is 11.3 Å². The van der Waals surface area contributed by atoms with Crippen LogP contribution in [0.1, 0.15) is 65.7 Å². The Hall–Kier alpha value is -2.94. The Morgan fingerprint density at radius 1 is 1.06 bits per heavy atom. The van der Waals surface area contributed by atoms with Crippen molar-refractivity contribution in [1.82, 2.24) is 5.32 Å². The monoisotopic (exact) mass is 457 g/mol. The largest absolute Gasteiger partial charge is 0.484 e. The maximum atomic E-state index is 13.2. The van der Waals surface area contributed by atoms with Gasteiger partial charge in [0.1, 0.15) is 10.8 Å². The quantitative estimate of drug-likeness (QED) is 0.466. The molecule has 170 valence electrons. The first-order chi connectivity index (χ1) is 15.5. The number of nitro groups is 1. The number of rotatable bonds is 7. The number of fused-ring (bicyclic) bond motifs is 1. The van der Waals surface area contributed by atoms with Gasteiger partial charge in [-0.05, 0) is 56.2 Å². The van der Waals surface area contributed by atoms with Crippen LogP contribution in [0.5, 0.6) is 5.75 Å². The van der Waals surface area contributed by atoms with Gasteiger partial charge in [0.2, 0.25) is 0 Å². The average Bonchev–Trinajstić information content (AvgIpc) is 3.16. The van der Waals surface area contributed by atoms with Crippen molar-refractivity contribution < 1.29 is 19.2 Å². The minimum atomic E-state index is -0.491. The topological polar surface area (TPSA) is 111 Å². The third-order valence-electron chi connectivity index (χ3n) is 6.01. The van der Waals surface area contributed by atoms with E-state index in [0.717, 1.165) is 56.9 Å². The molecule has 2 aromatic rings. The van der Waals surface area contributed by atoms with E-state index in [4.69, 9.17) is 4.74 Å². The molecule has 1 heterocycles. The number of ether oxygens (including phenoxy) is 1. The summed E-state index contributed by atoms with van der Waals surface area (Å²) in [5.41, 5.74) is 1.64. The third-order valence-corrected chi connectivity index (χ3v) is 7.22. The number of hydrogen-bond donors (Lipinski definition) is 2. The minimum Gasteiger partial charge on any atom is -0.484 e. The zero-order valence-corrected chi connectivity index (χ0v) is 18.7. The van der Waals surface area contributed by atoms with Crippen LogP contribution in [0, 0.1) is 10.1 Å². The van der Waals surface area contributed by atoms with Crippen LogP contribution < -0.4 is 15.4 Å². The van der Waals surface area contributed by atoms with Gasteiger partial charge in [-0.25, -0.2) is 0 Å². The molecule has 0 atom stereocenters. The van der Waals surface area contributed by atoms with Crippen LogP contribution in [0.2, 0.25) is 0 Å². The van der Waals surface area contributed by atoms with Crippen molar-refractivity contribution in [3.8, 4) is 5.75 Å². The number of aryl methyl sites for hydroxylation is 1. The Balaban J connectivity index is 1.43. The number of nitro benzene ring substituents is 1. The molecule has 0 spiro atoms. The molecule has 1 aromatic carbocycles. The maximum absolute atomic E-state index is 13.2. The first-order valence-electron chi connectivity index (χ1n) is 11.1. The summed E-state index contributed by atoms with van der Waals surface area (Å²) < 4.78 is 5.47. The van der Waals surface area contributed by atoms with Gasteiger partial charge in [0.05, 0.1) is 10.5 Å².